The fourth-order valence-corrected chi connectivity index (χ4v) is 1.33. The van der Waals surface area contributed by atoms with E-state index in [1.54, 1.807) is 6.07 Å². The third kappa shape index (κ3) is 2.38. The average molecular weight is 208 g/mol. The Morgan fingerprint density at radius 1 is 0.938 bits per heavy atom. The van der Waals surface area contributed by atoms with Crippen LogP contribution in [0, 0.1) is 0 Å². The zero-order valence-corrected chi connectivity index (χ0v) is 8.63. The third-order valence-corrected chi connectivity index (χ3v) is 2.15. The van der Waals surface area contributed by atoms with Gasteiger partial charge in [-0.2, -0.15) is 0 Å². The summed E-state index contributed by atoms with van der Waals surface area (Å²) in [4.78, 5) is 14.9. The SMILES string of the molecule is O=Cc1ccccc1[C+]=Nc1ccccc1. The highest BCUT2D eigenvalue weighted by molar-refractivity contribution is 5.93. The van der Waals surface area contributed by atoms with E-state index in [1.807, 2.05) is 48.5 Å². The van der Waals surface area contributed by atoms with E-state index >= 15 is 0 Å². The number of rotatable bonds is 3. The Kier molecular flexibility index (Phi) is 3.17. The maximum atomic E-state index is 10.8. The lowest BCUT2D eigenvalue weighted by molar-refractivity contribution is 0.112. The highest BCUT2D eigenvalue weighted by atomic mass is 16.1. The predicted octanol–water partition coefficient (Wildman–Crippen LogP) is 3.13. The molecule has 0 spiro atoms. The van der Waals surface area contributed by atoms with Crippen LogP contribution < -0.4 is 0 Å². The van der Waals surface area contributed by atoms with E-state index in [-0.39, 0.29) is 0 Å². The Bertz CT molecular complexity index is 503. The van der Waals surface area contributed by atoms with Crippen molar-refractivity contribution in [3.8, 4) is 0 Å². The molecule has 2 aromatic rings. The molecule has 2 heteroatoms. The molecule has 2 nitrogen and oxygen atoms in total. The summed E-state index contributed by atoms with van der Waals surface area (Å²) in [5.41, 5.74) is 2.13. The van der Waals surface area contributed by atoms with E-state index in [9.17, 15) is 4.79 Å². The molecule has 0 saturated heterocycles. The molecule has 0 fully saturated rings. The summed E-state index contributed by atoms with van der Waals surface area (Å²) in [7, 11) is 0. The molecule has 0 N–H and O–H groups in total. The lowest BCUT2D eigenvalue weighted by Crippen LogP contribution is -1.89. The van der Waals surface area contributed by atoms with Gasteiger partial charge in [-0.1, -0.05) is 23.2 Å². The number of carbonyl (C=O) groups is 1. The van der Waals surface area contributed by atoms with Gasteiger partial charge in [-0.05, 0) is 18.2 Å². The van der Waals surface area contributed by atoms with Gasteiger partial charge in [-0.25, -0.2) is 0 Å². The summed E-state index contributed by atoms with van der Waals surface area (Å²) in [5, 5.41) is 0. The Morgan fingerprint density at radius 3 is 2.38 bits per heavy atom. The van der Waals surface area contributed by atoms with Gasteiger partial charge in [-0.3, -0.25) is 4.79 Å². The molecular weight excluding hydrogens is 198 g/mol. The van der Waals surface area contributed by atoms with Crippen LogP contribution >= 0.6 is 0 Å². The Hall–Kier alpha value is -2.31. The van der Waals surface area contributed by atoms with Crippen LogP contribution in [0.1, 0.15) is 15.9 Å². The van der Waals surface area contributed by atoms with Crippen molar-refractivity contribution < 1.29 is 4.79 Å². The molecule has 0 bridgehead atoms. The van der Waals surface area contributed by atoms with Gasteiger partial charge in [0.15, 0.2) is 11.8 Å². The fourth-order valence-electron chi connectivity index (χ4n) is 1.33. The van der Waals surface area contributed by atoms with E-state index in [1.165, 1.54) is 0 Å². The summed E-state index contributed by atoms with van der Waals surface area (Å²) in [6.45, 7) is 0. The first-order valence-electron chi connectivity index (χ1n) is 4.96. The molecule has 76 valence electrons. The fraction of sp³-hybridized carbons (Fsp3) is 0. The number of hydrogen-bond acceptors (Lipinski definition) is 2. The van der Waals surface area contributed by atoms with Gasteiger partial charge in [0.1, 0.15) is 17.5 Å². The second-order valence-electron chi connectivity index (χ2n) is 3.26. The molecule has 0 heterocycles. The number of para-hydroxylation sites is 1. The van der Waals surface area contributed by atoms with E-state index in [0.717, 1.165) is 12.0 Å². The minimum absolute atomic E-state index is 0.599. The monoisotopic (exact) mass is 208 g/mol. The second-order valence-corrected chi connectivity index (χ2v) is 3.26. The first kappa shape index (κ1) is 10.2. The Balaban J connectivity index is 2.27. The number of aldehydes is 1. The lowest BCUT2D eigenvalue weighted by atomic mass is 10.1. The van der Waals surface area contributed by atoms with Crippen molar-refractivity contribution >= 4 is 18.2 Å². The van der Waals surface area contributed by atoms with Gasteiger partial charge in [-0.15, -0.1) is 0 Å². The minimum Gasteiger partial charge on any atom is -0.286 e. The minimum atomic E-state index is 0.599. The van der Waals surface area contributed by atoms with Crippen LogP contribution in [-0.4, -0.2) is 12.5 Å². The van der Waals surface area contributed by atoms with Crippen LogP contribution in [0.5, 0.6) is 0 Å². The molecule has 0 radical (unpaired) electrons. The summed E-state index contributed by atoms with van der Waals surface area (Å²) in [5.74, 6) is 0. The van der Waals surface area contributed by atoms with Crippen molar-refractivity contribution in [1.29, 1.82) is 0 Å². The predicted molar refractivity (Wildman–Crippen MR) is 64.5 cm³/mol. The zero-order valence-electron chi connectivity index (χ0n) is 8.63. The number of benzene rings is 2. The molecule has 16 heavy (non-hydrogen) atoms. The van der Waals surface area contributed by atoms with Crippen molar-refractivity contribution in [2.24, 2.45) is 4.99 Å². The summed E-state index contributed by atoms with van der Waals surface area (Å²) < 4.78 is 0. The van der Waals surface area contributed by atoms with Gasteiger partial charge in [0, 0.05) is 18.2 Å². The first-order chi connectivity index (χ1) is 7.90. The summed E-state index contributed by atoms with van der Waals surface area (Å²) in [6, 6.07) is 16.8. The zero-order chi connectivity index (χ0) is 11.2. The highest BCUT2D eigenvalue weighted by Crippen LogP contribution is 2.11. The molecule has 0 aliphatic carbocycles. The number of carbonyl (C=O) groups excluding carboxylic acids is 1. The normalized spacial score (nSPS) is 10.0. The average Bonchev–Trinajstić information content (AvgIpc) is 2.38. The van der Waals surface area contributed by atoms with Crippen molar-refractivity contribution in [2.75, 3.05) is 0 Å². The van der Waals surface area contributed by atoms with Crippen LogP contribution in [0.15, 0.2) is 59.6 Å². The molecular formula is C14H10NO+. The summed E-state index contributed by atoms with van der Waals surface area (Å²) in [6.07, 6.45) is 3.68. The molecule has 0 unspecified atom stereocenters. The topological polar surface area (TPSA) is 29.4 Å². The van der Waals surface area contributed by atoms with Crippen LogP contribution in [-0.2, 0) is 0 Å². The maximum absolute atomic E-state index is 10.8. The quantitative estimate of drug-likeness (QED) is 0.433. The maximum Gasteiger partial charge on any atom is 0.192 e. The first-order valence-corrected chi connectivity index (χ1v) is 4.96. The number of aliphatic imine (C=N–C) groups is 1. The van der Waals surface area contributed by atoms with Crippen LogP contribution in [0.25, 0.3) is 0 Å². The Morgan fingerprint density at radius 2 is 1.62 bits per heavy atom. The largest absolute Gasteiger partial charge is 0.286 e. The molecule has 0 aromatic heterocycles. The second kappa shape index (κ2) is 4.96. The summed E-state index contributed by atoms with van der Waals surface area (Å²) >= 11 is 0. The Labute approximate surface area is 94.3 Å². The van der Waals surface area contributed by atoms with E-state index in [2.05, 4.69) is 11.2 Å². The molecule has 0 aliphatic rings. The molecule has 0 saturated carbocycles. The van der Waals surface area contributed by atoms with E-state index < -0.39 is 0 Å². The van der Waals surface area contributed by atoms with Gasteiger partial charge >= 0.3 is 0 Å². The molecule has 0 amide bonds. The van der Waals surface area contributed by atoms with Crippen LogP contribution in [0.4, 0.5) is 5.69 Å². The smallest absolute Gasteiger partial charge is 0.192 e. The van der Waals surface area contributed by atoms with Crippen molar-refractivity contribution in [1.82, 2.24) is 0 Å². The van der Waals surface area contributed by atoms with Gasteiger partial charge in [0.2, 0.25) is 0 Å². The van der Waals surface area contributed by atoms with Crippen molar-refractivity contribution in [3.05, 3.63) is 65.7 Å². The van der Waals surface area contributed by atoms with Crippen molar-refractivity contribution in [2.45, 2.75) is 0 Å². The number of nitrogens with zero attached hydrogens (tertiary/aromatic N) is 1. The van der Waals surface area contributed by atoms with E-state index in [0.29, 0.717) is 11.1 Å². The molecule has 2 aromatic carbocycles. The third-order valence-electron chi connectivity index (χ3n) is 2.15. The highest BCUT2D eigenvalue weighted by Gasteiger charge is 2.05. The van der Waals surface area contributed by atoms with Gasteiger partial charge in [0.25, 0.3) is 0 Å². The van der Waals surface area contributed by atoms with Gasteiger partial charge in [0.05, 0.1) is 0 Å². The molecule has 0 atom stereocenters. The standard InChI is InChI=1S/C14H10NO/c16-11-13-7-5-4-6-12(13)10-15-14-8-2-1-3-9-14/h1-9,11H/q+1. The lowest BCUT2D eigenvalue weighted by Gasteiger charge is -1.87. The van der Waals surface area contributed by atoms with E-state index in [4.69, 9.17) is 0 Å². The van der Waals surface area contributed by atoms with Crippen molar-refractivity contribution in [3.63, 3.8) is 0 Å². The molecule has 0 aliphatic heterocycles. The van der Waals surface area contributed by atoms with Crippen LogP contribution in [0.3, 0.4) is 0 Å². The van der Waals surface area contributed by atoms with Gasteiger partial charge < -0.3 is 0 Å². The molecule has 2 rings (SSSR count). The van der Waals surface area contributed by atoms with Crippen LogP contribution in [0.2, 0.25) is 0 Å². The number of hydrogen-bond donors (Lipinski definition) is 0.